The average Bonchev–Trinajstić information content (AvgIpc) is 4.02. The zero-order valence-corrected chi connectivity index (χ0v) is 30.8. The molecule has 4 aromatic heterocycles. The fraction of sp³-hybridized carbons (Fsp3) is 0.108. The van der Waals surface area contributed by atoms with Crippen LogP contribution < -0.4 is 11.3 Å². The molecule has 0 amide bonds. The molecule has 0 spiro atoms. The highest BCUT2D eigenvalue weighted by atomic mass is 35.5. The number of ketones is 1. The van der Waals surface area contributed by atoms with Gasteiger partial charge in [-0.25, -0.2) is 4.98 Å². The number of nitrogens with one attached hydrogen (secondary N) is 3. The Hall–Kier alpha value is -7.11. The number of aromatic nitrogens is 10. The van der Waals surface area contributed by atoms with Crippen molar-refractivity contribution < 1.29 is 14.3 Å². The highest BCUT2D eigenvalue weighted by molar-refractivity contribution is 6.33. The predicted octanol–water partition coefficient (Wildman–Crippen LogP) is 6.80. The van der Waals surface area contributed by atoms with Crippen LogP contribution in [0.25, 0.3) is 50.8 Å². The Morgan fingerprint density at radius 1 is 0.839 bits per heavy atom. The molecule has 0 radical (unpaired) electrons. The van der Waals surface area contributed by atoms with E-state index in [9.17, 15) is 14.4 Å². The smallest absolute Gasteiger partial charge is 0.313 e. The Morgan fingerprint density at radius 2 is 1.57 bits per heavy atom. The lowest BCUT2D eigenvalue weighted by atomic mass is 10.1. The summed E-state index contributed by atoms with van der Waals surface area (Å²) in [5.41, 5.74) is 11.6. The zero-order chi connectivity index (χ0) is 39.2. The number of anilines is 1. The average molecular weight is 791 g/mol. The van der Waals surface area contributed by atoms with Gasteiger partial charge in [-0.15, -0.1) is 5.10 Å². The minimum Gasteiger partial charge on any atom is -0.466 e. The summed E-state index contributed by atoms with van der Waals surface area (Å²) >= 11 is 12.2. The third-order valence-corrected chi connectivity index (χ3v) is 8.79. The van der Waals surface area contributed by atoms with Gasteiger partial charge in [0.15, 0.2) is 17.4 Å². The largest absolute Gasteiger partial charge is 0.466 e. The molecule has 0 saturated heterocycles. The van der Waals surface area contributed by atoms with Crippen molar-refractivity contribution in [1.29, 1.82) is 0 Å². The number of Topliss-reactive ketones (excluding diaryl/α,β-unsaturated/α-hetero) is 1. The number of nitrogens with zero attached hydrogens (tertiary/aromatic N) is 9. The number of fused-ring (bicyclic) bond motifs is 3. The molecule has 1 aliphatic rings. The molecule has 0 saturated carbocycles. The van der Waals surface area contributed by atoms with Gasteiger partial charge >= 0.3 is 5.97 Å². The number of halogens is 2. The molecule has 0 bridgehead atoms. The predicted molar refractivity (Wildman–Crippen MR) is 208 cm³/mol. The number of azo groups is 1. The summed E-state index contributed by atoms with van der Waals surface area (Å²) in [6, 6.07) is 26.7. The Bertz CT molecular complexity index is 2810. The number of benzene rings is 4. The first-order valence-electron chi connectivity index (χ1n) is 16.8. The summed E-state index contributed by atoms with van der Waals surface area (Å²) in [4.78, 5) is 48.3. The molecule has 0 aliphatic carbocycles. The van der Waals surface area contributed by atoms with Crippen LogP contribution >= 0.6 is 23.2 Å². The van der Waals surface area contributed by atoms with E-state index in [2.05, 4.69) is 55.9 Å². The number of nitrogens with two attached hydrogens (primary N) is 1. The maximum atomic E-state index is 12.5. The number of H-pyrrole nitrogens is 3. The first-order valence-corrected chi connectivity index (χ1v) is 17.6. The SMILES string of the molecule is CCOC(=O)CC(=O)c1ccc2n[nH]nc2c1.Nc1n[nH]c(-c2ccccc2Cl)n1.O=c1cc(-c2ccc3c(c2)CN=N3)nc2nc(-c3ccccc3Cl)[nH]n12. The number of ether oxygens (including phenoxy) is 1. The van der Waals surface area contributed by atoms with Crippen molar-refractivity contribution in [1.82, 2.24) is 50.2 Å². The van der Waals surface area contributed by atoms with Crippen molar-refractivity contribution in [2.75, 3.05) is 12.3 Å². The fourth-order valence-electron chi connectivity index (χ4n) is 5.47. The quantitative estimate of drug-likeness (QED) is 0.0743. The van der Waals surface area contributed by atoms with Gasteiger partial charge in [0.25, 0.3) is 11.3 Å². The number of rotatable bonds is 7. The molecule has 17 nitrogen and oxygen atoms in total. The molecule has 9 rings (SSSR count). The molecule has 1 aliphatic heterocycles. The molecule has 0 fully saturated rings. The molecule has 0 atom stereocenters. The van der Waals surface area contributed by atoms with Crippen molar-refractivity contribution in [3.63, 3.8) is 0 Å². The standard InChI is InChI=1S/C18H11ClN6O.C11H11N3O3.C8H7ClN4/c19-13-4-2-1-3-12(13)17-22-18-21-15(8-16(26)25(18)24-17)10-5-6-14-11(7-10)9-20-23-14;1-2-17-11(16)6-10(15)7-3-4-8-9(5-7)13-14-12-8;9-6-4-2-1-3-5(6)7-11-8(10)13-12-7/h1-8H,9H2,(H,21,22,24);3-5H,2,6H2,1H3,(H,12,13,14);1-4H,(H3,10,11,12,13). The van der Waals surface area contributed by atoms with Crippen LogP contribution in [0.5, 0.6) is 0 Å². The van der Waals surface area contributed by atoms with E-state index in [0.717, 1.165) is 22.4 Å². The Balaban J connectivity index is 0.000000139. The van der Waals surface area contributed by atoms with Gasteiger partial charge in [0.05, 0.1) is 34.6 Å². The summed E-state index contributed by atoms with van der Waals surface area (Å²) in [7, 11) is 0. The van der Waals surface area contributed by atoms with Crippen molar-refractivity contribution in [2.45, 2.75) is 19.9 Å². The van der Waals surface area contributed by atoms with Gasteiger partial charge in [-0.05, 0) is 61.5 Å². The lowest BCUT2D eigenvalue weighted by Crippen LogP contribution is -2.14. The molecule has 56 heavy (non-hydrogen) atoms. The molecular formula is C37H29Cl2N13O4. The van der Waals surface area contributed by atoms with Gasteiger partial charge in [-0.2, -0.15) is 40.1 Å². The van der Waals surface area contributed by atoms with Gasteiger partial charge in [0.2, 0.25) is 5.95 Å². The number of esters is 1. The van der Waals surface area contributed by atoms with Crippen LogP contribution in [0.3, 0.4) is 0 Å². The monoisotopic (exact) mass is 789 g/mol. The van der Waals surface area contributed by atoms with Crippen molar-refractivity contribution in [3.8, 4) is 34.0 Å². The van der Waals surface area contributed by atoms with E-state index in [4.69, 9.17) is 33.7 Å². The second-order valence-corrected chi connectivity index (χ2v) is 12.7. The second kappa shape index (κ2) is 16.5. The highest BCUT2D eigenvalue weighted by Gasteiger charge is 2.16. The Kier molecular flexibility index (Phi) is 11.0. The summed E-state index contributed by atoms with van der Waals surface area (Å²) in [6.45, 7) is 2.52. The minimum absolute atomic E-state index is 0.218. The van der Waals surface area contributed by atoms with Crippen molar-refractivity contribution in [3.05, 3.63) is 123 Å². The third kappa shape index (κ3) is 8.33. The number of nitrogen functional groups attached to an aromatic ring is 1. The van der Waals surface area contributed by atoms with E-state index in [0.29, 0.717) is 56.1 Å². The van der Waals surface area contributed by atoms with Crippen LogP contribution in [-0.2, 0) is 16.1 Å². The van der Waals surface area contributed by atoms with Crippen LogP contribution in [0, 0.1) is 0 Å². The number of carbonyl (C=O) groups is 2. The summed E-state index contributed by atoms with van der Waals surface area (Å²) < 4.78 is 6.02. The maximum absolute atomic E-state index is 12.5. The lowest BCUT2D eigenvalue weighted by Gasteiger charge is -2.02. The van der Waals surface area contributed by atoms with Gasteiger partial charge in [0.1, 0.15) is 17.5 Å². The van der Waals surface area contributed by atoms with Crippen molar-refractivity contribution in [2.24, 2.45) is 10.2 Å². The molecule has 4 aromatic carbocycles. The minimum atomic E-state index is -0.516. The van der Waals surface area contributed by atoms with E-state index < -0.39 is 5.97 Å². The first kappa shape index (κ1) is 37.2. The van der Waals surface area contributed by atoms with E-state index in [1.807, 2.05) is 54.6 Å². The number of hydrogen-bond acceptors (Lipinski definition) is 13. The van der Waals surface area contributed by atoms with Crippen LogP contribution in [0.2, 0.25) is 10.0 Å². The Morgan fingerprint density at radius 3 is 2.29 bits per heavy atom. The topological polar surface area (TPSA) is 240 Å². The third-order valence-electron chi connectivity index (χ3n) is 8.13. The van der Waals surface area contributed by atoms with Crippen LogP contribution in [0.1, 0.15) is 29.3 Å². The molecule has 8 aromatic rings. The van der Waals surface area contributed by atoms with Crippen molar-refractivity contribution >= 4 is 63.4 Å². The highest BCUT2D eigenvalue weighted by Crippen LogP contribution is 2.31. The van der Waals surface area contributed by atoms with E-state index >= 15 is 0 Å². The Labute approximate surface area is 326 Å². The van der Waals surface area contributed by atoms with Gasteiger partial charge in [-0.1, -0.05) is 53.5 Å². The number of carbonyl (C=O) groups excluding carboxylic acids is 2. The second-order valence-electron chi connectivity index (χ2n) is 11.9. The van der Waals surface area contributed by atoms with Gasteiger partial charge in [-0.3, -0.25) is 24.6 Å². The van der Waals surface area contributed by atoms with E-state index in [-0.39, 0.29) is 36.1 Å². The van der Waals surface area contributed by atoms with Crippen LogP contribution in [-0.4, -0.2) is 68.5 Å². The summed E-state index contributed by atoms with van der Waals surface area (Å²) in [5, 5.41) is 28.8. The van der Waals surface area contributed by atoms with Crippen LogP contribution in [0.15, 0.2) is 106 Å². The molecule has 19 heteroatoms. The fourth-order valence-corrected chi connectivity index (χ4v) is 5.92. The number of hydrogen-bond donors (Lipinski definition) is 4. The molecule has 5 heterocycles. The van der Waals surface area contributed by atoms with Gasteiger partial charge < -0.3 is 10.5 Å². The molecule has 5 N–H and O–H groups in total. The maximum Gasteiger partial charge on any atom is 0.313 e. The molecule has 280 valence electrons. The van der Waals surface area contributed by atoms with E-state index in [1.165, 1.54) is 10.6 Å². The van der Waals surface area contributed by atoms with Crippen LogP contribution in [0.4, 0.5) is 11.6 Å². The first-order chi connectivity index (χ1) is 27.2. The normalized spacial score (nSPS) is 11.4. The lowest BCUT2D eigenvalue weighted by molar-refractivity contribution is -0.141. The molecule has 0 unspecified atom stereocenters. The van der Waals surface area contributed by atoms with Gasteiger partial charge in [0, 0.05) is 33.9 Å². The zero-order valence-electron chi connectivity index (χ0n) is 29.3. The van der Waals surface area contributed by atoms with E-state index in [1.54, 1.807) is 37.3 Å². The summed E-state index contributed by atoms with van der Waals surface area (Å²) in [6.07, 6.45) is -0.253. The summed E-state index contributed by atoms with van der Waals surface area (Å²) in [5.74, 6) is 0.783. The molecular weight excluding hydrogens is 761 g/mol. The number of aromatic amines is 3.